The van der Waals surface area contributed by atoms with Crippen LogP contribution in [0.5, 0.6) is 11.5 Å². The third-order valence-electron chi connectivity index (χ3n) is 4.59. The molecule has 0 fully saturated rings. The molecular formula is C26H23N3O4. The van der Waals surface area contributed by atoms with Crippen LogP contribution in [0.15, 0.2) is 78.4 Å². The summed E-state index contributed by atoms with van der Waals surface area (Å²) in [5.41, 5.74) is 2.85. The molecule has 0 saturated heterocycles. The van der Waals surface area contributed by atoms with Crippen molar-refractivity contribution in [1.29, 1.82) is 5.26 Å². The molecule has 0 atom stereocenters. The van der Waals surface area contributed by atoms with Crippen molar-refractivity contribution in [3.63, 3.8) is 0 Å². The lowest BCUT2D eigenvalue weighted by molar-refractivity contribution is -0.118. The van der Waals surface area contributed by atoms with Crippen LogP contribution >= 0.6 is 0 Å². The number of para-hydroxylation sites is 1. The highest BCUT2D eigenvalue weighted by Gasteiger charge is 2.12. The standard InChI is InChI=1S/C26H23N3O4/c1-18-8-11-22(12-9-18)29-26(31)20(16-27)14-19-10-13-23(24(15-19)32-2)33-17-25(30)28-21-6-4-3-5-7-21/h3-15H,17H2,1-2H3,(H,28,30)(H,29,31)/b20-14+. The molecule has 7 heteroatoms. The zero-order valence-electron chi connectivity index (χ0n) is 18.3. The first kappa shape index (κ1) is 23.1. The molecule has 3 aromatic rings. The van der Waals surface area contributed by atoms with Gasteiger partial charge in [0.15, 0.2) is 18.1 Å². The second-order valence-corrected chi connectivity index (χ2v) is 7.10. The minimum Gasteiger partial charge on any atom is -0.493 e. The molecule has 0 saturated carbocycles. The first-order valence-corrected chi connectivity index (χ1v) is 10.1. The fraction of sp³-hybridized carbons (Fsp3) is 0.115. The second-order valence-electron chi connectivity index (χ2n) is 7.10. The Bertz CT molecular complexity index is 1200. The maximum absolute atomic E-state index is 12.5. The number of benzene rings is 3. The van der Waals surface area contributed by atoms with Gasteiger partial charge in [-0.2, -0.15) is 5.26 Å². The maximum atomic E-state index is 12.5. The van der Waals surface area contributed by atoms with Gasteiger partial charge in [0.1, 0.15) is 11.6 Å². The Labute approximate surface area is 192 Å². The Morgan fingerprint density at radius 1 is 0.939 bits per heavy atom. The van der Waals surface area contributed by atoms with Gasteiger partial charge in [0.25, 0.3) is 11.8 Å². The summed E-state index contributed by atoms with van der Waals surface area (Å²) in [6.45, 7) is 1.74. The number of nitrogens with one attached hydrogen (secondary N) is 2. The number of carbonyl (C=O) groups is 2. The van der Waals surface area contributed by atoms with Crippen LogP contribution in [0.2, 0.25) is 0 Å². The van der Waals surface area contributed by atoms with Gasteiger partial charge in [0.05, 0.1) is 7.11 Å². The van der Waals surface area contributed by atoms with E-state index in [0.29, 0.717) is 28.4 Å². The van der Waals surface area contributed by atoms with E-state index >= 15 is 0 Å². The molecule has 0 unspecified atom stereocenters. The topological polar surface area (TPSA) is 100 Å². The van der Waals surface area contributed by atoms with E-state index in [1.165, 1.54) is 13.2 Å². The molecule has 0 aliphatic carbocycles. The molecule has 0 bridgehead atoms. The second kappa shape index (κ2) is 11.2. The first-order chi connectivity index (χ1) is 16.0. The van der Waals surface area contributed by atoms with Crippen LogP contribution in [-0.2, 0) is 9.59 Å². The summed E-state index contributed by atoms with van der Waals surface area (Å²) >= 11 is 0. The third-order valence-corrected chi connectivity index (χ3v) is 4.59. The number of nitrogens with zero attached hydrogens (tertiary/aromatic N) is 1. The first-order valence-electron chi connectivity index (χ1n) is 10.1. The summed E-state index contributed by atoms with van der Waals surface area (Å²) in [5.74, 6) is -0.0991. The average Bonchev–Trinajstić information content (AvgIpc) is 2.83. The summed E-state index contributed by atoms with van der Waals surface area (Å²) in [6.07, 6.45) is 1.46. The molecule has 2 amide bonds. The Morgan fingerprint density at radius 3 is 2.30 bits per heavy atom. The number of anilines is 2. The van der Waals surface area contributed by atoms with Crippen molar-refractivity contribution in [2.24, 2.45) is 0 Å². The zero-order valence-corrected chi connectivity index (χ0v) is 18.3. The van der Waals surface area contributed by atoms with Gasteiger partial charge < -0.3 is 20.1 Å². The number of ether oxygens (including phenoxy) is 2. The van der Waals surface area contributed by atoms with Gasteiger partial charge in [-0.05, 0) is 55.0 Å². The van der Waals surface area contributed by atoms with E-state index in [0.717, 1.165) is 5.56 Å². The summed E-state index contributed by atoms with van der Waals surface area (Å²) in [7, 11) is 1.47. The Morgan fingerprint density at radius 2 is 1.64 bits per heavy atom. The van der Waals surface area contributed by atoms with Crippen LogP contribution in [-0.4, -0.2) is 25.5 Å². The molecular weight excluding hydrogens is 418 g/mol. The number of hydrogen-bond acceptors (Lipinski definition) is 5. The Kier molecular flexibility index (Phi) is 7.81. The van der Waals surface area contributed by atoms with Crippen molar-refractivity contribution in [2.45, 2.75) is 6.92 Å². The molecule has 2 N–H and O–H groups in total. The van der Waals surface area contributed by atoms with E-state index in [2.05, 4.69) is 10.6 Å². The molecule has 0 aromatic heterocycles. The van der Waals surface area contributed by atoms with E-state index in [4.69, 9.17) is 9.47 Å². The smallest absolute Gasteiger partial charge is 0.266 e. The third kappa shape index (κ3) is 6.71. The highest BCUT2D eigenvalue weighted by molar-refractivity contribution is 6.09. The molecule has 166 valence electrons. The predicted molar refractivity (Wildman–Crippen MR) is 127 cm³/mol. The molecule has 3 aromatic carbocycles. The van der Waals surface area contributed by atoms with Crippen molar-refractivity contribution in [1.82, 2.24) is 0 Å². The summed E-state index contributed by atoms with van der Waals surface area (Å²) < 4.78 is 10.9. The van der Waals surface area contributed by atoms with Gasteiger partial charge in [-0.1, -0.05) is 42.0 Å². The largest absolute Gasteiger partial charge is 0.493 e. The molecule has 3 rings (SSSR count). The molecule has 0 radical (unpaired) electrons. The number of amides is 2. The lowest BCUT2D eigenvalue weighted by Gasteiger charge is -2.12. The summed E-state index contributed by atoms with van der Waals surface area (Å²) in [6, 6.07) is 23.2. The molecule has 33 heavy (non-hydrogen) atoms. The van der Waals surface area contributed by atoms with Crippen molar-refractivity contribution < 1.29 is 19.1 Å². The van der Waals surface area contributed by atoms with Gasteiger partial charge in [0, 0.05) is 11.4 Å². The summed E-state index contributed by atoms with van der Waals surface area (Å²) in [5, 5.41) is 14.9. The van der Waals surface area contributed by atoms with Gasteiger partial charge in [-0.25, -0.2) is 0 Å². The fourth-order valence-corrected chi connectivity index (χ4v) is 2.91. The van der Waals surface area contributed by atoms with Crippen LogP contribution in [0.3, 0.4) is 0 Å². The van der Waals surface area contributed by atoms with E-state index < -0.39 is 5.91 Å². The number of aryl methyl sites for hydroxylation is 1. The lowest BCUT2D eigenvalue weighted by Crippen LogP contribution is -2.20. The highest BCUT2D eigenvalue weighted by atomic mass is 16.5. The lowest BCUT2D eigenvalue weighted by atomic mass is 10.1. The monoisotopic (exact) mass is 441 g/mol. The van der Waals surface area contributed by atoms with Crippen LogP contribution in [0, 0.1) is 18.3 Å². The van der Waals surface area contributed by atoms with Crippen LogP contribution < -0.4 is 20.1 Å². The van der Waals surface area contributed by atoms with E-state index in [1.807, 2.05) is 43.3 Å². The molecule has 0 heterocycles. The average molecular weight is 441 g/mol. The number of nitriles is 1. The van der Waals surface area contributed by atoms with Crippen LogP contribution in [0.25, 0.3) is 6.08 Å². The number of hydrogen-bond donors (Lipinski definition) is 2. The quantitative estimate of drug-likeness (QED) is 0.394. The maximum Gasteiger partial charge on any atom is 0.266 e. The minimum absolute atomic E-state index is 0.0615. The van der Waals surface area contributed by atoms with E-state index in [9.17, 15) is 14.9 Å². The van der Waals surface area contributed by atoms with Gasteiger partial charge >= 0.3 is 0 Å². The van der Waals surface area contributed by atoms with Crippen LogP contribution in [0.4, 0.5) is 11.4 Å². The normalized spacial score (nSPS) is 10.6. The van der Waals surface area contributed by atoms with Gasteiger partial charge in [-0.3, -0.25) is 9.59 Å². The van der Waals surface area contributed by atoms with Crippen molar-refractivity contribution in [2.75, 3.05) is 24.4 Å². The predicted octanol–water partition coefficient (Wildman–Crippen LogP) is 4.57. The molecule has 7 nitrogen and oxygen atoms in total. The molecule has 0 aliphatic rings. The van der Waals surface area contributed by atoms with Crippen LogP contribution in [0.1, 0.15) is 11.1 Å². The summed E-state index contributed by atoms with van der Waals surface area (Å²) in [4.78, 5) is 24.6. The van der Waals surface area contributed by atoms with Crippen molar-refractivity contribution in [3.05, 3.63) is 89.5 Å². The van der Waals surface area contributed by atoms with Crippen molar-refractivity contribution in [3.8, 4) is 17.6 Å². The van der Waals surface area contributed by atoms with Crippen molar-refractivity contribution >= 4 is 29.3 Å². The van der Waals surface area contributed by atoms with E-state index in [1.54, 1.807) is 42.5 Å². The molecule has 0 aliphatic heterocycles. The number of carbonyl (C=O) groups excluding carboxylic acids is 2. The Balaban J connectivity index is 1.67. The van der Waals surface area contributed by atoms with Gasteiger partial charge in [0.2, 0.25) is 0 Å². The minimum atomic E-state index is -0.516. The van der Waals surface area contributed by atoms with Gasteiger partial charge in [-0.15, -0.1) is 0 Å². The number of rotatable bonds is 8. The number of methoxy groups -OCH3 is 1. The molecule has 0 spiro atoms. The SMILES string of the molecule is COc1cc(/C=C(\C#N)C(=O)Nc2ccc(C)cc2)ccc1OCC(=O)Nc1ccccc1. The Hall–Kier alpha value is -4.57. The fourth-order valence-electron chi connectivity index (χ4n) is 2.91. The highest BCUT2D eigenvalue weighted by Crippen LogP contribution is 2.29. The zero-order chi connectivity index (χ0) is 23.6. The van der Waals surface area contributed by atoms with E-state index in [-0.39, 0.29) is 18.1 Å².